The van der Waals surface area contributed by atoms with Gasteiger partial charge in [0.25, 0.3) is 5.91 Å². The summed E-state index contributed by atoms with van der Waals surface area (Å²) in [5.41, 5.74) is 0. The fourth-order valence-electron chi connectivity index (χ4n) is 3.98. The van der Waals surface area contributed by atoms with Crippen LogP contribution in [0.15, 0.2) is 29.2 Å². The van der Waals surface area contributed by atoms with Gasteiger partial charge in [0.15, 0.2) is 6.54 Å². The lowest BCUT2D eigenvalue weighted by Gasteiger charge is -2.34. The van der Waals surface area contributed by atoms with Gasteiger partial charge in [-0.3, -0.25) is 4.79 Å². The van der Waals surface area contributed by atoms with E-state index in [0.717, 1.165) is 13.1 Å². The average molecular weight is 411 g/mol. The van der Waals surface area contributed by atoms with Crippen LogP contribution in [0.2, 0.25) is 0 Å². The van der Waals surface area contributed by atoms with Gasteiger partial charge < -0.3 is 14.5 Å². The lowest BCUT2D eigenvalue weighted by Crippen LogP contribution is -3.13. The molecule has 0 aromatic heterocycles. The Hall–Kier alpha value is -1.64. The monoisotopic (exact) mass is 410 g/mol. The van der Waals surface area contributed by atoms with Gasteiger partial charge in [-0.25, -0.2) is 8.42 Å². The first-order chi connectivity index (χ1) is 13.5. The van der Waals surface area contributed by atoms with E-state index in [2.05, 4.69) is 0 Å². The van der Waals surface area contributed by atoms with Gasteiger partial charge in [-0.05, 0) is 49.9 Å². The van der Waals surface area contributed by atoms with Crippen LogP contribution in [0.4, 0.5) is 0 Å². The summed E-state index contributed by atoms with van der Waals surface area (Å²) in [6, 6.07) is 6.44. The van der Waals surface area contributed by atoms with E-state index in [1.165, 1.54) is 41.3 Å². The van der Waals surface area contributed by atoms with Gasteiger partial charge in [0, 0.05) is 26.2 Å². The topological polar surface area (TPSA) is 71.4 Å². The SMILES string of the molecule is COc1ccc(S(=O)(=O)N2CCN(C(=O)C[NH+]3CCCCCCC3)CC2)cc1. The van der Waals surface area contributed by atoms with Crippen molar-refractivity contribution in [1.29, 1.82) is 0 Å². The molecule has 2 aliphatic heterocycles. The highest BCUT2D eigenvalue weighted by Crippen LogP contribution is 2.20. The van der Waals surface area contributed by atoms with Crippen molar-refractivity contribution >= 4 is 15.9 Å². The van der Waals surface area contributed by atoms with Crippen molar-refractivity contribution in [2.24, 2.45) is 0 Å². The van der Waals surface area contributed by atoms with Gasteiger partial charge in [-0.2, -0.15) is 4.31 Å². The molecule has 2 saturated heterocycles. The molecule has 0 spiro atoms. The van der Waals surface area contributed by atoms with Crippen molar-refractivity contribution in [3.63, 3.8) is 0 Å². The first kappa shape index (κ1) is 21.1. The van der Waals surface area contributed by atoms with Crippen LogP contribution in [-0.4, -0.2) is 76.5 Å². The third kappa shape index (κ3) is 5.24. The van der Waals surface area contributed by atoms with Gasteiger partial charge in [-0.1, -0.05) is 6.42 Å². The third-order valence-corrected chi connectivity index (χ3v) is 7.66. The highest BCUT2D eigenvalue weighted by atomic mass is 32.2. The second-order valence-corrected chi connectivity index (χ2v) is 9.59. The molecule has 2 heterocycles. The number of carbonyl (C=O) groups excluding carboxylic acids is 1. The molecule has 0 saturated carbocycles. The number of nitrogens with one attached hydrogen (secondary N) is 1. The van der Waals surface area contributed by atoms with Crippen LogP contribution in [-0.2, 0) is 14.8 Å². The standard InChI is InChI=1S/C20H31N3O4S/c1-27-18-7-9-19(10-8-18)28(25,26)23-15-13-22(14-16-23)20(24)17-21-11-5-3-2-4-6-12-21/h7-10H,2-6,11-17H2,1H3/p+1. The summed E-state index contributed by atoms with van der Waals surface area (Å²) in [5.74, 6) is 0.776. The van der Waals surface area contributed by atoms with Gasteiger partial charge in [0.05, 0.1) is 25.1 Å². The summed E-state index contributed by atoms with van der Waals surface area (Å²) in [6.45, 7) is 4.27. The van der Waals surface area contributed by atoms with Crippen LogP contribution in [0.25, 0.3) is 0 Å². The molecule has 0 radical (unpaired) electrons. The van der Waals surface area contributed by atoms with E-state index in [1.807, 2.05) is 4.90 Å². The number of hydrogen-bond donors (Lipinski definition) is 1. The molecule has 3 rings (SSSR count). The Morgan fingerprint density at radius 3 is 2.11 bits per heavy atom. The van der Waals surface area contributed by atoms with Gasteiger partial charge in [0.1, 0.15) is 5.75 Å². The van der Waals surface area contributed by atoms with Crippen molar-refractivity contribution in [2.45, 2.75) is 37.0 Å². The number of benzene rings is 1. The van der Waals surface area contributed by atoms with E-state index in [0.29, 0.717) is 38.5 Å². The molecule has 1 amide bonds. The van der Waals surface area contributed by atoms with Crippen LogP contribution in [0, 0.1) is 0 Å². The average Bonchev–Trinajstić information content (AvgIpc) is 2.70. The molecule has 156 valence electrons. The van der Waals surface area contributed by atoms with Crippen molar-refractivity contribution in [3.8, 4) is 5.75 Å². The van der Waals surface area contributed by atoms with E-state index >= 15 is 0 Å². The molecule has 0 bridgehead atoms. The predicted molar refractivity (Wildman–Crippen MR) is 107 cm³/mol. The number of ether oxygens (including phenoxy) is 1. The maximum atomic E-state index is 12.8. The number of quaternary nitrogens is 1. The summed E-state index contributed by atoms with van der Waals surface area (Å²) in [4.78, 5) is 16.1. The van der Waals surface area contributed by atoms with Crippen molar-refractivity contribution < 1.29 is 22.8 Å². The van der Waals surface area contributed by atoms with Crippen molar-refractivity contribution in [2.75, 3.05) is 52.9 Å². The minimum Gasteiger partial charge on any atom is -0.497 e. The summed E-state index contributed by atoms with van der Waals surface area (Å²) < 4.78 is 32.2. The van der Waals surface area contributed by atoms with Gasteiger partial charge in [0.2, 0.25) is 10.0 Å². The van der Waals surface area contributed by atoms with E-state index < -0.39 is 10.0 Å². The zero-order valence-corrected chi connectivity index (χ0v) is 17.5. The van der Waals surface area contributed by atoms with Crippen molar-refractivity contribution in [1.82, 2.24) is 9.21 Å². The number of piperazine rings is 1. The maximum absolute atomic E-state index is 12.8. The number of rotatable bonds is 5. The molecule has 0 aliphatic carbocycles. The Kier molecular flexibility index (Phi) is 7.31. The van der Waals surface area contributed by atoms with Crippen LogP contribution < -0.4 is 9.64 Å². The molecule has 28 heavy (non-hydrogen) atoms. The van der Waals surface area contributed by atoms with E-state index in [9.17, 15) is 13.2 Å². The fraction of sp³-hybridized carbons (Fsp3) is 0.650. The number of amides is 1. The zero-order valence-electron chi connectivity index (χ0n) is 16.7. The fourth-order valence-corrected chi connectivity index (χ4v) is 5.40. The molecule has 2 fully saturated rings. The summed E-state index contributed by atoms with van der Waals surface area (Å²) in [5, 5.41) is 0. The number of carbonyl (C=O) groups is 1. The minimum atomic E-state index is -3.54. The Balaban J connectivity index is 1.53. The molecule has 7 nitrogen and oxygen atoms in total. The molecule has 0 unspecified atom stereocenters. The summed E-state index contributed by atoms with van der Waals surface area (Å²) in [7, 11) is -1.99. The number of nitrogens with zero attached hydrogens (tertiary/aromatic N) is 2. The molecule has 8 heteroatoms. The molecule has 1 aromatic carbocycles. The third-order valence-electron chi connectivity index (χ3n) is 5.75. The lowest BCUT2D eigenvalue weighted by atomic mass is 10.1. The Bertz CT molecular complexity index is 735. The Labute approximate surface area is 168 Å². The first-order valence-corrected chi connectivity index (χ1v) is 11.7. The molecule has 0 atom stereocenters. The summed E-state index contributed by atoms with van der Waals surface area (Å²) >= 11 is 0. The van der Waals surface area contributed by atoms with E-state index in [4.69, 9.17) is 4.74 Å². The largest absolute Gasteiger partial charge is 0.497 e. The van der Waals surface area contributed by atoms with Crippen LogP contribution in [0.3, 0.4) is 0 Å². The molecule has 1 N–H and O–H groups in total. The lowest BCUT2D eigenvalue weighted by molar-refractivity contribution is -0.893. The zero-order chi connectivity index (χ0) is 20.0. The molecular weight excluding hydrogens is 378 g/mol. The highest BCUT2D eigenvalue weighted by molar-refractivity contribution is 7.89. The van der Waals surface area contributed by atoms with E-state index in [-0.39, 0.29) is 10.8 Å². The van der Waals surface area contributed by atoms with Gasteiger partial charge in [-0.15, -0.1) is 0 Å². The highest BCUT2D eigenvalue weighted by Gasteiger charge is 2.31. The predicted octanol–water partition coefficient (Wildman–Crippen LogP) is 0.377. The Morgan fingerprint density at radius 2 is 1.54 bits per heavy atom. The maximum Gasteiger partial charge on any atom is 0.277 e. The second-order valence-electron chi connectivity index (χ2n) is 7.65. The number of sulfonamides is 1. The number of likely N-dealkylation sites (tertiary alicyclic amines) is 1. The smallest absolute Gasteiger partial charge is 0.277 e. The van der Waals surface area contributed by atoms with Crippen molar-refractivity contribution in [3.05, 3.63) is 24.3 Å². The number of methoxy groups -OCH3 is 1. The minimum absolute atomic E-state index is 0.150. The van der Waals surface area contributed by atoms with E-state index in [1.54, 1.807) is 31.4 Å². The number of hydrogen-bond acceptors (Lipinski definition) is 4. The summed E-state index contributed by atoms with van der Waals surface area (Å²) in [6.07, 6.45) is 6.22. The van der Waals surface area contributed by atoms with Gasteiger partial charge >= 0.3 is 0 Å². The molecule has 1 aromatic rings. The van der Waals surface area contributed by atoms with Crippen LogP contribution in [0.1, 0.15) is 32.1 Å². The second kappa shape index (κ2) is 9.71. The molecular formula is C20H32N3O4S+. The van der Waals surface area contributed by atoms with Crippen LogP contribution >= 0.6 is 0 Å². The van der Waals surface area contributed by atoms with Crippen LogP contribution in [0.5, 0.6) is 5.75 Å². The Morgan fingerprint density at radius 1 is 0.964 bits per heavy atom. The normalized spacial score (nSPS) is 20.4. The molecule has 2 aliphatic rings. The quantitative estimate of drug-likeness (QED) is 0.762. The first-order valence-electron chi connectivity index (χ1n) is 10.3.